The van der Waals surface area contributed by atoms with Crippen LogP contribution in [0.25, 0.3) is 6.08 Å². The molecular formula is C28H26N2O2. The maximum atomic E-state index is 6.07. The van der Waals surface area contributed by atoms with Gasteiger partial charge in [0.25, 0.3) is 5.88 Å². The van der Waals surface area contributed by atoms with Gasteiger partial charge in [0, 0.05) is 6.07 Å². The Kier molecular flexibility index (Phi) is 7.64. The Hall–Kier alpha value is -3.92. The van der Waals surface area contributed by atoms with Crippen LogP contribution in [-0.2, 0) is 19.6 Å². The van der Waals surface area contributed by atoms with Crippen molar-refractivity contribution in [3.8, 4) is 11.6 Å². The fourth-order valence-corrected chi connectivity index (χ4v) is 3.22. The van der Waals surface area contributed by atoms with Gasteiger partial charge in [-0.25, -0.2) is 0 Å². The van der Waals surface area contributed by atoms with Crippen molar-refractivity contribution < 1.29 is 9.47 Å². The number of hydrogen-bond donors (Lipinski definition) is 0. The molecule has 32 heavy (non-hydrogen) atoms. The van der Waals surface area contributed by atoms with Gasteiger partial charge in [-0.05, 0) is 35.6 Å². The minimum Gasteiger partial charge on any atom is -0.483 e. The van der Waals surface area contributed by atoms with Gasteiger partial charge in [0.2, 0.25) is 0 Å². The van der Waals surface area contributed by atoms with Crippen molar-refractivity contribution in [1.29, 1.82) is 0 Å². The third-order valence-electron chi connectivity index (χ3n) is 4.93. The molecule has 0 saturated carbocycles. The molecule has 0 atom stereocenters. The highest BCUT2D eigenvalue weighted by molar-refractivity contribution is 5.49. The molecule has 0 bridgehead atoms. The zero-order valence-electron chi connectivity index (χ0n) is 17.9. The number of benzene rings is 3. The normalized spacial score (nSPS) is 10.9. The zero-order valence-corrected chi connectivity index (χ0v) is 17.9. The summed E-state index contributed by atoms with van der Waals surface area (Å²) >= 11 is 0. The van der Waals surface area contributed by atoms with Crippen LogP contribution < -0.4 is 9.47 Å². The van der Waals surface area contributed by atoms with Crippen LogP contribution in [0.15, 0.2) is 103 Å². The van der Waals surface area contributed by atoms with Gasteiger partial charge >= 0.3 is 0 Å². The summed E-state index contributed by atoms with van der Waals surface area (Å²) in [6, 6.07) is 32.4. The predicted octanol–water partition coefficient (Wildman–Crippen LogP) is 6.28. The van der Waals surface area contributed by atoms with Crippen LogP contribution in [0, 0.1) is 0 Å². The number of aromatic nitrogens is 2. The molecule has 0 radical (unpaired) electrons. The second-order valence-corrected chi connectivity index (χ2v) is 7.41. The van der Waals surface area contributed by atoms with Gasteiger partial charge in [-0.15, -0.1) is 10.2 Å². The molecule has 1 heterocycles. The third-order valence-corrected chi connectivity index (χ3v) is 4.93. The van der Waals surface area contributed by atoms with Crippen molar-refractivity contribution in [2.24, 2.45) is 0 Å². The molecule has 0 aliphatic heterocycles. The average Bonchev–Trinajstić information content (AvgIpc) is 2.86. The molecule has 1 aromatic heterocycles. The van der Waals surface area contributed by atoms with E-state index in [0.29, 0.717) is 24.8 Å². The molecule has 0 aliphatic rings. The molecule has 0 amide bonds. The lowest BCUT2D eigenvalue weighted by atomic mass is 10.1. The van der Waals surface area contributed by atoms with Gasteiger partial charge in [-0.3, -0.25) is 0 Å². The zero-order chi connectivity index (χ0) is 21.8. The lowest BCUT2D eigenvalue weighted by Gasteiger charge is -2.12. The largest absolute Gasteiger partial charge is 0.483 e. The summed E-state index contributed by atoms with van der Waals surface area (Å²) < 4.78 is 12.0. The minimum atomic E-state index is 0.395. The fraction of sp³-hybridized carbons (Fsp3) is 0.143. The first-order valence-corrected chi connectivity index (χ1v) is 10.8. The van der Waals surface area contributed by atoms with E-state index in [-0.39, 0.29) is 0 Å². The molecule has 0 fully saturated rings. The summed E-state index contributed by atoms with van der Waals surface area (Å²) in [6.45, 7) is 0.842. The van der Waals surface area contributed by atoms with E-state index >= 15 is 0 Å². The van der Waals surface area contributed by atoms with E-state index < -0.39 is 0 Å². The topological polar surface area (TPSA) is 44.2 Å². The van der Waals surface area contributed by atoms with E-state index in [2.05, 4.69) is 40.5 Å². The van der Waals surface area contributed by atoms with Gasteiger partial charge < -0.3 is 9.47 Å². The molecule has 4 aromatic rings. The maximum Gasteiger partial charge on any atom is 0.276 e. The summed E-state index contributed by atoms with van der Waals surface area (Å²) in [5.41, 5.74) is 4.21. The summed E-state index contributed by atoms with van der Waals surface area (Å²) in [4.78, 5) is 0. The minimum absolute atomic E-state index is 0.395. The number of aryl methyl sites for hydroxylation is 1. The monoisotopic (exact) mass is 422 g/mol. The first-order valence-electron chi connectivity index (χ1n) is 10.8. The number of nitrogens with zero attached hydrogens (tertiary/aromatic N) is 2. The molecule has 4 heteroatoms. The van der Waals surface area contributed by atoms with Crippen LogP contribution in [0.4, 0.5) is 0 Å². The number of rotatable bonds is 10. The van der Waals surface area contributed by atoms with Crippen molar-refractivity contribution in [3.05, 3.63) is 126 Å². The van der Waals surface area contributed by atoms with E-state index in [1.54, 1.807) is 0 Å². The predicted molar refractivity (Wildman–Crippen MR) is 127 cm³/mol. The van der Waals surface area contributed by atoms with Crippen molar-refractivity contribution in [2.45, 2.75) is 26.1 Å². The van der Waals surface area contributed by atoms with Gasteiger partial charge in [-0.1, -0.05) is 97.1 Å². The molecule has 0 unspecified atom stereocenters. The van der Waals surface area contributed by atoms with Gasteiger partial charge in [0.1, 0.15) is 13.2 Å². The lowest BCUT2D eigenvalue weighted by molar-refractivity contribution is 0.244. The van der Waals surface area contributed by atoms with Gasteiger partial charge in [0.05, 0.1) is 5.69 Å². The molecule has 4 nitrogen and oxygen atoms in total. The van der Waals surface area contributed by atoms with Crippen LogP contribution in [-0.4, -0.2) is 10.2 Å². The molecule has 0 saturated heterocycles. The number of hydrogen-bond acceptors (Lipinski definition) is 4. The molecule has 4 rings (SSSR count). The van der Waals surface area contributed by atoms with Crippen LogP contribution in [0.1, 0.15) is 28.8 Å². The number of allylic oxidation sites excluding steroid dienone is 1. The SMILES string of the molecule is C(=C\c1cc(OCc2ccccc2)c(OCc2ccccc2)nn1)/CCc1ccccc1. The highest BCUT2D eigenvalue weighted by Gasteiger charge is 2.10. The van der Waals surface area contributed by atoms with E-state index in [1.807, 2.05) is 78.9 Å². The van der Waals surface area contributed by atoms with Crippen LogP contribution in [0.5, 0.6) is 11.6 Å². The summed E-state index contributed by atoms with van der Waals surface area (Å²) in [5.74, 6) is 0.980. The number of ether oxygens (including phenoxy) is 2. The quantitative estimate of drug-likeness (QED) is 0.302. The Morgan fingerprint density at radius 1 is 0.625 bits per heavy atom. The van der Waals surface area contributed by atoms with E-state index in [4.69, 9.17) is 9.47 Å². The maximum absolute atomic E-state index is 6.07. The Labute approximate surface area is 189 Å². The Morgan fingerprint density at radius 2 is 1.19 bits per heavy atom. The first kappa shape index (κ1) is 21.3. The first-order chi connectivity index (χ1) is 15.9. The Balaban J connectivity index is 1.44. The van der Waals surface area contributed by atoms with E-state index in [9.17, 15) is 0 Å². The fourth-order valence-electron chi connectivity index (χ4n) is 3.22. The van der Waals surface area contributed by atoms with E-state index in [0.717, 1.165) is 29.7 Å². The smallest absolute Gasteiger partial charge is 0.276 e. The summed E-state index contributed by atoms with van der Waals surface area (Å²) in [6.07, 6.45) is 6.01. The molecule has 0 N–H and O–H groups in total. The molecule has 3 aromatic carbocycles. The molecular weight excluding hydrogens is 396 g/mol. The van der Waals surface area contributed by atoms with Crippen molar-refractivity contribution in [3.63, 3.8) is 0 Å². The second kappa shape index (κ2) is 11.5. The summed E-state index contributed by atoms with van der Waals surface area (Å²) in [5, 5.41) is 8.60. The third kappa shape index (κ3) is 6.54. The summed E-state index contributed by atoms with van der Waals surface area (Å²) in [7, 11) is 0. The van der Waals surface area contributed by atoms with Crippen molar-refractivity contribution in [2.75, 3.05) is 0 Å². The van der Waals surface area contributed by atoms with Gasteiger partial charge in [0.15, 0.2) is 5.75 Å². The van der Waals surface area contributed by atoms with Crippen molar-refractivity contribution in [1.82, 2.24) is 10.2 Å². The highest BCUT2D eigenvalue weighted by atomic mass is 16.5. The van der Waals surface area contributed by atoms with Crippen LogP contribution >= 0.6 is 0 Å². The molecule has 160 valence electrons. The van der Waals surface area contributed by atoms with E-state index in [1.165, 1.54) is 5.56 Å². The Morgan fingerprint density at radius 3 is 1.81 bits per heavy atom. The van der Waals surface area contributed by atoms with Crippen LogP contribution in [0.3, 0.4) is 0 Å². The standard InChI is InChI=1S/C28H26N2O2/c1-4-12-23(13-5-1)14-10-11-19-26-20-27(31-21-24-15-6-2-7-16-24)28(30-29-26)32-22-25-17-8-3-9-18-25/h1-9,11-13,15-20H,10,14,21-22H2/b19-11+. The highest BCUT2D eigenvalue weighted by Crippen LogP contribution is 2.27. The molecule has 0 spiro atoms. The Bertz CT molecular complexity index is 1110. The van der Waals surface area contributed by atoms with Crippen molar-refractivity contribution >= 4 is 6.08 Å². The van der Waals surface area contributed by atoms with Crippen LogP contribution in [0.2, 0.25) is 0 Å². The molecule has 0 aliphatic carbocycles. The van der Waals surface area contributed by atoms with Gasteiger partial charge in [-0.2, -0.15) is 0 Å². The average molecular weight is 423 g/mol. The lowest BCUT2D eigenvalue weighted by Crippen LogP contribution is -2.04. The second-order valence-electron chi connectivity index (χ2n) is 7.41.